The molecular formula is C28H29NO4S. The molecule has 1 spiro atoms. The molecule has 2 saturated carbocycles. The molecule has 0 saturated heterocycles. The summed E-state index contributed by atoms with van der Waals surface area (Å²) in [5.41, 5.74) is 4.86. The van der Waals surface area contributed by atoms with Crippen molar-refractivity contribution in [3.8, 4) is 16.9 Å². The Morgan fingerprint density at radius 1 is 1.00 bits per heavy atom. The highest BCUT2D eigenvalue weighted by Crippen LogP contribution is 2.58. The first-order valence-corrected chi connectivity index (χ1v) is 12.6. The van der Waals surface area contributed by atoms with Crippen molar-refractivity contribution in [1.29, 1.82) is 0 Å². The van der Waals surface area contributed by atoms with Gasteiger partial charge in [-0.25, -0.2) is 0 Å². The lowest BCUT2D eigenvalue weighted by atomic mass is 9.50. The summed E-state index contributed by atoms with van der Waals surface area (Å²) in [6.45, 7) is 4.07. The molecule has 2 aliphatic rings. The monoisotopic (exact) mass is 475 g/mol. The van der Waals surface area contributed by atoms with Crippen LogP contribution in [0.1, 0.15) is 56.9 Å². The topological polar surface area (TPSA) is 86.6 Å². The number of hydrogen-bond acceptors (Lipinski definition) is 4. The van der Waals surface area contributed by atoms with E-state index in [1.54, 1.807) is 17.4 Å². The number of carboxylic acid groups (broad SMARTS) is 1. The molecule has 2 aromatic carbocycles. The molecule has 0 unspecified atom stereocenters. The Kier molecular flexibility index (Phi) is 5.72. The van der Waals surface area contributed by atoms with E-state index in [4.69, 9.17) is 5.11 Å². The van der Waals surface area contributed by atoms with Gasteiger partial charge in [-0.15, -0.1) is 11.3 Å². The third-order valence-corrected chi connectivity index (χ3v) is 8.63. The number of aromatic hydroxyl groups is 1. The highest BCUT2D eigenvalue weighted by molar-refractivity contribution is 7.12. The molecule has 0 radical (unpaired) electrons. The van der Waals surface area contributed by atoms with Gasteiger partial charge in [-0.2, -0.15) is 0 Å². The van der Waals surface area contributed by atoms with Crippen molar-refractivity contribution in [2.45, 2.75) is 52.0 Å². The average molecular weight is 476 g/mol. The van der Waals surface area contributed by atoms with Crippen molar-refractivity contribution in [2.24, 2.45) is 11.3 Å². The molecule has 1 amide bonds. The van der Waals surface area contributed by atoms with E-state index in [1.807, 2.05) is 37.3 Å². The molecule has 3 aromatic rings. The Morgan fingerprint density at radius 3 is 2.32 bits per heavy atom. The van der Waals surface area contributed by atoms with Crippen LogP contribution in [-0.2, 0) is 11.2 Å². The van der Waals surface area contributed by atoms with Crippen molar-refractivity contribution in [2.75, 3.05) is 0 Å². The molecule has 6 heteroatoms. The first-order chi connectivity index (χ1) is 16.2. The van der Waals surface area contributed by atoms with Crippen LogP contribution < -0.4 is 5.32 Å². The lowest BCUT2D eigenvalue weighted by molar-refractivity contribution is -0.155. The van der Waals surface area contributed by atoms with Gasteiger partial charge in [-0.3, -0.25) is 9.59 Å². The minimum atomic E-state index is -0.694. The normalized spacial score (nSPS) is 23.2. The summed E-state index contributed by atoms with van der Waals surface area (Å²) in [6, 6.07) is 15.6. The maximum Gasteiger partial charge on any atom is 0.306 e. The average Bonchev–Trinajstić information content (AvgIpc) is 3.02. The van der Waals surface area contributed by atoms with Crippen LogP contribution >= 0.6 is 11.3 Å². The van der Waals surface area contributed by atoms with Gasteiger partial charge < -0.3 is 15.5 Å². The van der Waals surface area contributed by atoms with Crippen LogP contribution in [0.15, 0.2) is 48.5 Å². The highest BCUT2D eigenvalue weighted by Gasteiger charge is 2.55. The Balaban J connectivity index is 1.27. The number of benzene rings is 2. The van der Waals surface area contributed by atoms with Crippen LogP contribution in [0.5, 0.6) is 5.75 Å². The maximum atomic E-state index is 13.2. The van der Waals surface area contributed by atoms with E-state index in [9.17, 15) is 14.7 Å². The van der Waals surface area contributed by atoms with Gasteiger partial charge in [0, 0.05) is 21.4 Å². The zero-order chi connectivity index (χ0) is 24.0. The number of aryl methyl sites for hydroxylation is 2. The van der Waals surface area contributed by atoms with Crippen LogP contribution in [0.4, 0.5) is 0 Å². The van der Waals surface area contributed by atoms with Crippen molar-refractivity contribution < 1.29 is 19.8 Å². The number of para-hydroxylation sites is 1. The largest absolute Gasteiger partial charge is 0.507 e. The van der Waals surface area contributed by atoms with E-state index in [0.29, 0.717) is 6.42 Å². The van der Waals surface area contributed by atoms with E-state index in [2.05, 4.69) is 24.4 Å². The Hall–Kier alpha value is -3.12. The van der Waals surface area contributed by atoms with Gasteiger partial charge in [-0.05, 0) is 74.1 Å². The van der Waals surface area contributed by atoms with Gasteiger partial charge in [0.25, 0.3) is 5.91 Å². The zero-order valence-corrected chi connectivity index (χ0v) is 20.2. The van der Waals surface area contributed by atoms with Crippen molar-refractivity contribution in [3.05, 3.63) is 75.0 Å². The number of carboxylic acids is 1. The Labute approximate surface area is 203 Å². The molecule has 5 nitrogen and oxygen atoms in total. The number of carbonyl (C=O) groups excluding carboxylic acids is 1. The number of rotatable bonds is 6. The number of amides is 1. The smallest absolute Gasteiger partial charge is 0.306 e. The molecule has 2 fully saturated rings. The number of nitrogens with one attached hydrogen (secondary N) is 1. The van der Waals surface area contributed by atoms with Crippen molar-refractivity contribution in [1.82, 2.24) is 5.32 Å². The van der Waals surface area contributed by atoms with Gasteiger partial charge in [-0.1, -0.05) is 42.5 Å². The molecule has 0 aliphatic heterocycles. The summed E-state index contributed by atoms with van der Waals surface area (Å²) in [5, 5.41) is 22.5. The molecule has 0 bridgehead atoms. The van der Waals surface area contributed by atoms with Crippen molar-refractivity contribution in [3.63, 3.8) is 0 Å². The summed E-state index contributed by atoms with van der Waals surface area (Å²) in [4.78, 5) is 26.5. The fraction of sp³-hybridized carbons (Fsp3) is 0.357. The third kappa shape index (κ3) is 4.11. The summed E-state index contributed by atoms with van der Waals surface area (Å²) in [6.07, 6.45) is 3.93. The van der Waals surface area contributed by atoms with Gasteiger partial charge in [0.15, 0.2) is 0 Å². The first kappa shape index (κ1) is 22.7. The van der Waals surface area contributed by atoms with E-state index in [1.165, 1.54) is 0 Å². The number of phenolic OH excluding ortho intramolecular Hbond substituents is 1. The van der Waals surface area contributed by atoms with Crippen LogP contribution in [0, 0.1) is 25.2 Å². The molecule has 0 atom stereocenters. The first-order valence-electron chi connectivity index (χ1n) is 11.7. The fourth-order valence-corrected chi connectivity index (χ4v) is 6.88. The standard InChI is InChI=1S/C28H29NO4S/c1-16-23(11-18-7-9-19(10-8-18)22-5-3-4-6-24(22)30)25(17(2)34-16)26(31)29-21-14-28(15-21)12-20(13-28)27(32)33/h3-10,20-21,30H,11-15H2,1-2H3,(H,29,31)(H,32,33). The quantitative estimate of drug-likeness (QED) is 0.427. The van der Waals surface area contributed by atoms with Crippen LogP contribution in [-0.4, -0.2) is 28.1 Å². The number of aliphatic carboxylic acids is 1. The minimum absolute atomic E-state index is 0.0170. The van der Waals surface area contributed by atoms with E-state index < -0.39 is 5.97 Å². The summed E-state index contributed by atoms with van der Waals surface area (Å²) >= 11 is 1.66. The Bertz CT molecular complexity index is 1250. The van der Waals surface area contributed by atoms with Gasteiger partial charge >= 0.3 is 5.97 Å². The number of thiophene rings is 1. The SMILES string of the molecule is Cc1sc(C)c(C(=O)NC2CC3(C2)CC(C(=O)O)C3)c1Cc1ccc(-c2ccccc2O)cc1. The summed E-state index contributed by atoms with van der Waals surface area (Å²) in [5.74, 6) is -0.656. The number of carbonyl (C=O) groups is 2. The minimum Gasteiger partial charge on any atom is -0.507 e. The maximum absolute atomic E-state index is 13.2. The summed E-state index contributed by atoms with van der Waals surface area (Å²) in [7, 11) is 0. The second-order valence-corrected chi connectivity index (χ2v) is 11.4. The van der Waals surface area contributed by atoms with E-state index in [-0.39, 0.29) is 29.0 Å². The molecule has 1 heterocycles. The van der Waals surface area contributed by atoms with Crippen molar-refractivity contribution >= 4 is 23.2 Å². The molecule has 5 rings (SSSR count). The lowest BCUT2D eigenvalue weighted by Gasteiger charge is -2.56. The predicted molar refractivity (Wildman–Crippen MR) is 133 cm³/mol. The molecule has 34 heavy (non-hydrogen) atoms. The molecule has 176 valence electrons. The van der Waals surface area contributed by atoms with Crippen LogP contribution in [0.2, 0.25) is 0 Å². The number of hydrogen-bond donors (Lipinski definition) is 3. The second kappa shape index (κ2) is 8.58. The molecule has 3 N–H and O–H groups in total. The highest BCUT2D eigenvalue weighted by atomic mass is 32.1. The zero-order valence-electron chi connectivity index (χ0n) is 19.4. The molecule has 1 aromatic heterocycles. The van der Waals surface area contributed by atoms with E-state index in [0.717, 1.165) is 63.3 Å². The van der Waals surface area contributed by atoms with E-state index >= 15 is 0 Å². The Morgan fingerprint density at radius 2 is 1.68 bits per heavy atom. The molecule has 2 aliphatic carbocycles. The predicted octanol–water partition coefficient (Wildman–Crippen LogP) is 5.70. The third-order valence-electron chi connectivity index (χ3n) is 7.56. The van der Waals surface area contributed by atoms with Crippen LogP contribution in [0.3, 0.4) is 0 Å². The second-order valence-electron chi connectivity index (χ2n) is 9.98. The van der Waals surface area contributed by atoms with Gasteiger partial charge in [0.05, 0.1) is 11.5 Å². The van der Waals surface area contributed by atoms with Gasteiger partial charge in [0.1, 0.15) is 5.75 Å². The fourth-order valence-electron chi connectivity index (χ4n) is 5.80. The van der Waals surface area contributed by atoms with Gasteiger partial charge in [0.2, 0.25) is 0 Å². The molecular weight excluding hydrogens is 446 g/mol. The van der Waals surface area contributed by atoms with Crippen LogP contribution in [0.25, 0.3) is 11.1 Å². The lowest BCUT2D eigenvalue weighted by Crippen LogP contribution is -2.57. The number of phenols is 1. The summed E-state index contributed by atoms with van der Waals surface area (Å²) < 4.78 is 0.